The first-order valence-electron chi connectivity index (χ1n) is 24.5. The van der Waals surface area contributed by atoms with E-state index in [0.717, 1.165) is 10.4 Å². The molecular weight excluding hydrogens is 903 g/mol. The highest BCUT2D eigenvalue weighted by molar-refractivity contribution is 7.13. The molecule has 3 aromatic rings. The van der Waals surface area contributed by atoms with Crippen LogP contribution in [0.1, 0.15) is 100 Å². The molecule has 0 radical (unpaired) electrons. The number of aryl methyl sites for hydroxylation is 1. The number of nitrogens with zero attached hydrogens (tertiary/aromatic N) is 5. The zero-order chi connectivity index (χ0) is 50.4. The third-order valence-corrected chi connectivity index (χ3v) is 15.7. The number of thiophene rings is 1. The van der Waals surface area contributed by atoms with Crippen LogP contribution in [-0.2, 0) is 55.8 Å². The second-order valence-electron chi connectivity index (χ2n) is 20.1. The van der Waals surface area contributed by atoms with E-state index in [1.165, 1.54) is 7.11 Å². The topological polar surface area (TPSA) is 181 Å². The van der Waals surface area contributed by atoms with Crippen LogP contribution in [0, 0.1) is 23.7 Å². The molecule has 380 valence electrons. The lowest BCUT2D eigenvalue weighted by atomic mass is 9.73. The van der Waals surface area contributed by atoms with Gasteiger partial charge >= 0.3 is 18.0 Å². The molecule has 3 aromatic heterocycles. The van der Waals surface area contributed by atoms with Gasteiger partial charge in [-0.3, -0.25) is 28.9 Å². The number of cyclic esters (lactones) is 1. The summed E-state index contributed by atoms with van der Waals surface area (Å²) >= 11 is 1.65. The third-order valence-electron chi connectivity index (χ3n) is 14.8. The molecule has 0 aliphatic carbocycles. The number of hydrogen-bond donors (Lipinski definition) is 1. The summed E-state index contributed by atoms with van der Waals surface area (Å²) in [5, 5.41) is 18.8. The van der Waals surface area contributed by atoms with E-state index in [1.54, 1.807) is 74.4 Å². The number of pyridine rings is 1. The lowest BCUT2D eigenvalue weighted by molar-refractivity contribution is -0.358. The van der Waals surface area contributed by atoms with Crippen LogP contribution in [0.5, 0.6) is 0 Å². The number of amides is 1. The van der Waals surface area contributed by atoms with Crippen LogP contribution in [0.4, 0.5) is 4.79 Å². The minimum absolute atomic E-state index is 0.101. The van der Waals surface area contributed by atoms with E-state index >= 15 is 4.79 Å². The first kappa shape index (κ1) is 53.8. The van der Waals surface area contributed by atoms with Crippen molar-refractivity contribution in [2.45, 2.75) is 167 Å². The van der Waals surface area contributed by atoms with Gasteiger partial charge in [0.05, 0.1) is 48.1 Å². The Labute approximate surface area is 412 Å². The Morgan fingerprint density at radius 2 is 1.80 bits per heavy atom. The van der Waals surface area contributed by atoms with E-state index in [-0.39, 0.29) is 37.7 Å². The normalized spacial score (nSPS) is 34.7. The molecule has 3 aliphatic heterocycles. The largest absolute Gasteiger partial charge is 0.461 e. The van der Waals surface area contributed by atoms with Crippen LogP contribution in [0.15, 0.2) is 67.0 Å². The molecule has 3 aliphatic rings. The molecule has 17 heteroatoms. The van der Waals surface area contributed by atoms with Crippen LogP contribution < -0.4 is 0 Å². The van der Waals surface area contributed by atoms with Crippen LogP contribution in [-0.4, -0.2) is 140 Å². The predicted molar refractivity (Wildman–Crippen MR) is 261 cm³/mol. The summed E-state index contributed by atoms with van der Waals surface area (Å²) in [5.41, 5.74) is -1.27. The summed E-state index contributed by atoms with van der Waals surface area (Å²) in [5.74, 6) is -6.59. The fourth-order valence-electron chi connectivity index (χ4n) is 11.1. The number of esters is 2. The number of Topliss-reactive ketones (excluding diaryl/α,β-unsaturated/α-hetero) is 1. The Morgan fingerprint density at radius 1 is 1.06 bits per heavy atom. The van der Waals surface area contributed by atoms with Gasteiger partial charge in [-0.2, -0.15) is 5.10 Å². The van der Waals surface area contributed by atoms with Crippen LogP contribution in [0.2, 0.25) is 0 Å². The lowest BCUT2D eigenvalue weighted by Crippen LogP contribution is -2.65. The van der Waals surface area contributed by atoms with Crippen LogP contribution >= 0.6 is 11.3 Å². The molecule has 0 saturated carbocycles. The number of aromatic nitrogens is 3. The number of ketones is 1. The highest BCUT2D eigenvalue weighted by Gasteiger charge is 2.61. The average molecular weight is 978 g/mol. The van der Waals surface area contributed by atoms with Crippen LogP contribution in [0.25, 0.3) is 10.4 Å². The van der Waals surface area contributed by atoms with Gasteiger partial charge in [0, 0.05) is 73.4 Å². The van der Waals surface area contributed by atoms with Gasteiger partial charge in [0.1, 0.15) is 24.1 Å². The highest BCUT2D eigenvalue weighted by atomic mass is 32.1. The van der Waals surface area contributed by atoms with E-state index < -0.39 is 95.2 Å². The van der Waals surface area contributed by atoms with Crippen molar-refractivity contribution < 1.29 is 52.7 Å². The van der Waals surface area contributed by atoms with E-state index in [4.69, 9.17) is 28.4 Å². The van der Waals surface area contributed by atoms with Crippen LogP contribution in [0.3, 0.4) is 0 Å². The summed E-state index contributed by atoms with van der Waals surface area (Å²) in [6, 6.07) is 8.07. The van der Waals surface area contributed by atoms with E-state index in [2.05, 4.69) is 22.7 Å². The molecule has 0 aromatic carbocycles. The lowest BCUT2D eigenvalue weighted by Gasteiger charge is -2.52. The number of likely N-dealkylation sites (N-methyl/N-ethyl adjacent to an activating group) is 1. The molecule has 16 nitrogen and oxygen atoms in total. The molecule has 1 unspecified atom stereocenters. The Hall–Kier alpha value is -4.52. The molecule has 3 fully saturated rings. The number of aliphatic hydroxyl groups is 1. The Kier molecular flexibility index (Phi) is 17.7. The number of ether oxygens (including phenoxy) is 6. The zero-order valence-corrected chi connectivity index (χ0v) is 43.2. The Morgan fingerprint density at radius 3 is 2.45 bits per heavy atom. The maximum Gasteiger partial charge on any atom is 0.410 e. The van der Waals surface area contributed by atoms with Crippen molar-refractivity contribution in [1.82, 2.24) is 24.6 Å². The molecule has 0 spiro atoms. The van der Waals surface area contributed by atoms with Crippen molar-refractivity contribution in [2.75, 3.05) is 27.2 Å². The number of methoxy groups -OCH3 is 1. The van der Waals surface area contributed by atoms with Gasteiger partial charge in [-0.25, -0.2) is 4.79 Å². The maximum atomic E-state index is 15.1. The summed E-state index contributed by atoms with van der Waals surface area (Å²) in [6.07, 6.45) is 3.74. The minimum atomic E-state index is -1.64. The molecule has 1 N–H and O–H groups in total. The van der Waals surface area contributed by atoms with Crippen molar-refractivity contribution >= 4 is 35.2 Å². The third kappa shape index (κ3) is 11.8. The average Bonchev–Trinajstić information content (AvgIpc) is 4.08. The molecule has 69 heavy (non-hydrogen) atoms. The molecule has 1 amide bonds. The fraction of sp³-hybridized carbons (Fsp3) is 0.654. The number of aliphatic hydroxyl groups excluding tert-OH is 1. The summed E-state index contributed by atoms with van der Waals surface area (Å²) in [7, 11) is 3.43. The van der Waals surface area contributed by atoms with Gasteiger partial charge in [-0.1, -0.05) is 45.9 Å². The Bertz CT molecular complexity index is 2210. The summed E-state index contributed by atoms with van der Waals surface area (Å²) < 4.78 is 41.1. The van der Waals surface area contributed by atoms with Gasteiger partial charge in [0.15, 0.2) is 11.4 Å². The quantitative estimate of drug-likeness (QED) is 0.0644. The van der Waals surface area contributed by atoms with Crippen molar-refractivity contribution in [1.29, 1.82) is 0 Å². The van der Waals surface area contributed by atoms with Crippen molar-refractivity contribution in [3.05, 3.63) is 72.7 Å². The summed E-state index contributed by atoms with van der Waals surface area (Å²) in [6.45, 7) is 21.4. The van der Waals surface area contributed by atoms with Gasteiger partial charge < -0.3 is 38.4 Å². The SMILES string of the molecule is C=CCN(C)[C@H]1C[C@@H](C)O[C@@](C)(O[C@@H]2[C@@H](C)C(OC(=O)Cc3ccccn3)[C@@H](C)C(=O)O[C@H](CC)[C@@]3(C)OC(=O)N(CCCCn4cc(-c5cccs5)cn4)[C@@H]3[C@@H](C)C(=O)[C@H](C)C[C@@]2(C)OC)[C@@H]1O. The number of unbranched alkanes of at least 4 members (excludes halogenated alkanes) is 1. The maximum absolute atomic E-state index is 15.1. The highest BCUT2D eigenvalue weighted by Crippen LogP contribution is 2.45. The monoisotopic (exact) mass is 978 g/mol. The van der Waals surface area contributed by atoms with Crippen molar-refractivity contribution in [3.63, 3.8) is 0 Å². The van der Waals surface area contributed by atoms with Crippen molar-refractivity contribution in [2.24, 2.45) is 23.7 Å². The predicted octanol–water partition coefficient (Wildman–Crippen LogP) is 7.52. The van der Waals surface area contributed by atoms with Crippen molar-refractivity contribution in [3.8, 4) is 10.4 Å². The van der Waals surface area contributed by atoms with E-state index in [1.807, 2.05) is 75.1 Å². The molecule has 14 atom stereocenters. The first-order chi connectivity index (χ1) is 32.7. The molecule has 6 heterocycles. The number of rotatable bonds is 16. The first-order valence-corrected chi connectivity index (χ1v) is 25.4. The van der Waals surface area contributed by atoms with E-state index in [9.17, 15) is 19.5 Å². The Balaban J connectivity index is 1.37. The molecule has 3 saturated heterocycles. The number of hydrogen-bond acceptors (Lipinski definition) is 15. The number of carbonyl (C=O) groups is 4. The molecular formula is C52H75N5O11S. The second kappa shape index (κ2) is 22.7. The van der Waals surface area contributed by atoms with Gasteiger partial charge in [-0.15, -0.1) is 17.9 Å². The number of carbonyl (C=O) groups excluding carboxylic acids is 4. The standard InChI is InChI=1S/C52H75N5O11S/c1-13-23-55(11)39-27-33(4)66-52(10,46(39)60)67-47-35(6)44(65-42(58)28-38-20-15-16-22-53-38)36(7)48(61)64-41(14-2)51(9)45(34(5)43(59)32(3)29-50(47,8)63-12)57(49(62)68-51)25-18-17-24-56-31-37(30-54-56)40-21-19-26-69-40/h13,15-16,19-22,26,30-36,39,41,44-47,60H,1,14,17-18,23-25,27-29H2,2-12H3/t32-,33-,34+,35+,36-,39+,41-,44?,45-,46-,47-,50-,51-,52+/m1/s1. The van der Waals surface area contributed by atoms with E-state index in [0.29, 0.717) is 38.0 Å². The number of fused-ring (bicyclic) bond motifs is 1. The molecule has 0 bridgehead atoms. The second-order valence-corrected chi connectivity index (χ2v) is 21.0. The summed E-state index contributed by atoms with van der Waals surface area (Å²) in [4.78, 5) is 67.2. The minimum Gasteiger partial charge on any atom is -0.461 e. The molecule has 6 rings (SSSR count). The smallest absolute Gasteiger partial charge is 0.410 e. The van der Waals surface area contributed by atoms with Gasteiger partial charge in [-0.05, 0) is 97.3 Å². The van der Waals surface area contributed by atoms with Gasteiger partial charge in [0.2, 0.25) is 0 Å². The van der Waals surface area contributed by atoms with Gasteiger partial charge in [0.25, 0.3) is 0 Å². The fourth-order valence-corrected chi connectivity index (χ4v) is 11.8. The zero-order valence-electron chi connectivity index (χ0n) is 42.4.